The van der Waals surface area contributed by atoms with Gasteiger partial charge in [-0.25, -0.2) is 0 Å². The molecule has 0 bridgehead atoms. The number of aliphatic hydroxyl groups is 12. The SMILES string of the molecule is C[C@@H]1CC[C@@]2(OC1)O[C@H]1C[C@H]3[C@@H]4CC=C5C[C@@H](O[C@@H]6O[C@H](CO)[C@H](O[C@@H]7O[C@H](CO)[C@@H](O)[C@H](O[C@@H]8OC[C@@H](O)[C@H](O)[C@H]8O)[C@H]7O)[C@H](O)[C@H]6O[C@@H]6O[C@H](CO)[C@@H](O)[C@H](O)[C@H]6O)CC[C@]5(C)[C@H]4CC[C@]3(C)[C@H]1[C@@H]2C. The van der Waals surface area contributed by atoms with Crippen LogP contribution in [0.1, 0.15) is 85.5 Å². The van der Waals surface area contributed by atoms with Gasteiger partial charge in [0.1, 0.15) is 91.6 Å². The van der Waals surface area contributed by atoms with Crippen molar-refractivity contribution in [3.8, 4) is 0 Å². The van der Waals surface area contributed by atoms with Crippen molar-refractivity contribution >= 4 is 0 Å². The summed E-state index contributed by atoms with van der Waals surface area (Å²) in [5.41, 5.74) is 1.31. The first-order chi connectivity index (χ1) is 34.3. The Morgan fingerprint density at radius 3 is 1.94 bits per heavy atom. The fourth-order valence-electron chi connectivity index (χ4n) is 15.3. The maximum atomic E-state index is 12.3. The van der Waals surface area contributed by atoms with Gasteiger partial charge in [-0.05, 0) is 91.8 Å². The average molecular weight is 1030 g/mol. The van der Waals surface area contributed by atoms with Crippen LogP contribution in [0.3, 0.4) is 0 Å². The molecule has 72 heavy (non-hydrogen) atoms. The van der Waals surface area contributed by atoms with Gasteiger partial charge in [0.2, 0.25) is 0 Å². The maximum absolute atomic E-state index is 12.3. The van der Waals surface area contributed by atoms with Crippen LogP contribution in [0, 0.1) is 46.3 Å². The Labute approximate surface area is 419 Å². The molecule has 6 aliphatic heterocycles. The zero-order chi connectivity index (χ0) is 51.3. The molecule has 6 heterocycles. The van der Waals surface area contributed by atoms with Crippen LogP contribution in [0.15, 0.2) is 11.6 Å². The van der Waals surface area contributed by atoms with Crippen molar-refractivity contribution in [1.29, 1.82) is 0 Å². The highest BCUT2D eigenvalue weighted by molar-refractivity contribution is 5.26. The fourth-order valence-corrected chi connectivity index (χ4v) is 15.3. The first-order valence-corrected chi connectivity index (χ1v) is 26.4. The molecule has 0 unspecified atom stereocenters. The molecule has 3 saturated carbocycles. The summed E-state index contributed by atoms with van der Waals surface area (Å²) in [6, 6.07) is 0. The van der Waals surface area contributed by atoms with Crippen LogP contribution in [-0.2, 0) is 47.4 Å². The van der Waals surface area contributed by atoms with E-state index in [0.717, 1.165) is 51.6 Å². The summed E-state index contributed by atoms with van der Waals surface area (Å²) in [6.07, 6.45) is -21.9. The van der Waals surface area contributed by atoms with Gasteiger partial charge < -0.3 is 109 Å². The van der Waals surface area contributed by atoms with Crippen LogP contribution in [0.2, 0.25) is 0 Å². The molecule has 0 aromatic rings. The molecule has 10 aliphatic rings. The molecule has 6 saturated heterocycles. The third-order valence-corrected chi connectivity index (χ3v) is 19.4. The monoisotopic (exact) mass is 1030 g/mol. The van der Waals surface area contributed by atoms with Crippen molar-refractivity contribution in [3.05, 3.63) is 11.6 Å². The first-order valence-electron chi connectivity index (χ1n) is 26.4. The maximum Gasteiger partial charge on any atom is 0.187 e. The third kappa shape index (κ3) is 9.18. The van der Waals surface area contributed by atoms with Crippen LogP contribution in [-0.4, -0.2) is 229 Å². The van der Waals surface area contributed by atoms with Crippen molar-refractivity contribution in [3.63, 3.8) is 0 Å². The lowest BCUT2D eigenvalue weighted by Gasteiger charge is -2.59. The highest BCUT2D eigenvalue weighted by atomic mass is 16.8. The van der Waals surface area contributed by atoms with Crippen LogP contribution < -0.4 is 0 Å². The Hall–Kier alpha value is -1.14. The minimum atomic E-state index is -1.96. The number of ether oxygens (including phenoxy) is 10. The number of allylic oxidation sites excluding steroid dienone is 1. The van der Waals surface area contributed by atoms with E-state index in [9.17, 15) is 61.3 Å². The van der Waals surface area contributed by atoms with E-state index in [2.05, 4.69) is 33.8 Å². The zero-order valence-corrected chi connectivity index (χ0v) is 41.5. The second-order valence-corrected chi connectivity index (χ2v) is 23.5. The van der Waals surface area contributed by atoms with E-state index in [4.69, 9.17) is 47.4 Å². The second-order valence-electron chi connectivity index (χ2n) is 23.5. The van der Waals surface area contributed by atoms with Crippen molar-refractivity contribution in [2.75, 3.05) is 33.0 Å². The average Bonchev–Trinajstić information content (AvgIpc) is 3.81. The van der Waals surface area contributed by atoms with Gasteiger partial charge in [0.25, 0.3) is 0 Å². The van der Waals surface area contributed by atoms with Crippen LogP contribution >= 0.6 is 0 Å². The third-order valence-electron chi connectivity index (χ3n) is 19.4. The number of hydrogen-bond acceptors (Lipinski definition) is 22. The van der Waals surface area contributed by atoms with E-state index in [0.29, 0.717) is 48.3 Å². The molecule has 0 aromatic carbocycles. The van der Waals surface area contributed by atoms with E-state index in [1.165, 1.54) is 5.57 Å². The summed E-state index contributed by atoms with van der Waals surface area (Å²) in [7, 11) is 0. The Kier molecular flexibility index (Phi) is 15.7. The number of fused-ring (bicyclic) bond motifs is 7. The van der Waals surface area contributed by atoms with E-state index < -0.39 is 155 Å². The molecule has 12 N–H and O–H groups in total. The van der Waals surface area contributed by atoms with Gasteiger partial charge >= 0.3 is 0 Å². The molecule has 22 nitrogen and oxygen atoms in total. The minimum absolute atomic E-state index is 0.103. The van der Waals surface area contributed by atoms with Crippen molar-refractivity contribution in [1.82, 2.24) is 0 Å². The lowest BCUT2D eigenvalue weighted by atomic mass is 9.47. The number of rotatable bonds is 11. The highest BCUT2D eigenvalue weighted by Crippen LogP contribution is 2.71. The number of hydrogen-bond donors (Lipinski definition) is 12. The molecule has 4 aliphatic carbocycles. The van der Waals surface area contributed by atoms with Gasteiger partial charge in [0, 0.05) is 12.3 Å². The standard InChI is InChI=1S/C50H80O22/c1-20-7-12-50(64-18-20)21(2)32-28(72-50)14-26-24-6-5-22-13-23(8-10-48(22,3)25(24)9-11-49(26,32)4)65-47-43(71-45-38(60)36(58)34(56)29(15-51)66-45)39(61)41(31(17-53)68-47)69-46-40(62)42(35(57)30(16-52)67-46)70-44-37(59)33(55)27(54)19-63-44/h5,20-21,23-47,51-62H,6-19H2,1-4H3/t20-,21+,23+,24-,25+,26+,27-,28+,29-,30-,31-,32+,33+,34-,35-,36+,37-,38-,39+,40-,41+,42+,43-,44+,45+,46+,47-,48+,49+,50-/m1/s1. The van der Waals surface area contributed by atoms with Gasteiger partial charge in [-0.3, -0.25) is 0 Å². The van der Waals surface area contributed by atoms with Gasteiger partial charge in [-0.2, -0.15) is 0 Å². The van der Waals surface area contributed by atoms with Gasteiger partial charge in [0.05, 0.1) is 45.2 Å². The summed E-state index contributed by atoms with van der Waals surface area (Å²) in [6.45, 7) is 7.37. The largest absolute Gasteiger partial charge is 0.394 e. The topological polar surface area (TPSA) is 335 Å². The van der Waals surface area contributed by atoms with Crippen LogP contribution in [0.4, 0.5) is 0 Å². The summed E-state index contributed by atoms with van der Waals surface area (Å²) in [5, 5.41) is 129. The second kappa shape index (κ2) is 20.9. The van der Waals surface area contributed by atoms with E-state index in [1.54, 1.807) is 0 Å². The van der Waals surface area contributed by atoms with Gasteiger partial charge in [0.15, 0.2) is 30.9 Å². The molecule has 9 fully saturated rings. The molecule has 10 rings (SSSR count). The molecule has 22 heteroatoms. The Bertz CT molecular complexity index is 1890. The van der Waals surface area contributed by atoms with Gasteiger partial charge in [-0.15, -0.1) is 0 Å². The summed E-state index contributed by atoms with van der Waals surface area (Å²) < 4.78 is 61.4. The van der Waals surface area contributed by atoms with Crippen molar-refractivity contribution in [2.45, 2.75) is 220 Å². The Balaban J connectivity index is 0.861. The molecular weight excluding hydrogens is 953 g/mol. The molecule has 30 atom stereocenters. The van der Waals surface area contributed by atoms with E-state index in [-0.39, 0.29) is 16.9 Å². The molecule has 0 aromatic heterocycles. The Morgan fingerprint density at radius 1 is 0.597 bits per heavy atom. The molecule has 1 spiro atoms. The summed E-state index contributed by atoms with van der Waals surface area (Å²) in [5.74, 6) is 2.28. The normalized spacial score (nSPS) is 56.7. The van der Waals surface area contributed by atoms with E-state index in [1.807, 2.05) is 0 Å². The summed E-state index contributed by atoms with van der Waals surface area (Å²) >= 11 is 0. The minimum Gasteiger partial charge on any atom is -0.394 e. The quantitative estimate of drug-likeness (QED) is 0.0964. The van der Waals surface area contributed by atoms with Crippen molar-refractivity contribution < 1.29 is 109 Å². The Morgan fingerprint density at radius 2 is 1.25 bits per heavy atom. The predicted octanol–water partition coefficient (Wildman–Crippen LogP) is -2.35. The van der Waals surface area contributed by atoms with Crippen LogP contribution in [0.25, 0.3) is 0 Å². The predicted molar refractivity (Wildman–Crippen MR) is 242 cm³/mol. The smallest absolute Gasteiger partial charge is 0.187 e. The molecule has 412 valence electrons. The summed E-state index contributed by atoms with van der Waals surface area (Å²) in [4.78, 5) is 0. The lowest BCUT2D eigenvalue weighted by molar-refractivity contribution is -0.396. The molecular formula is C50H80O22. The van der Waals surface area contributed by atoms with Crippen LogP contribution in [0.5, 0.6) is 0 Å². The van der Waals surface area contributed by atoms with Crippen molar-refractivity contribution in [2.24, 2.45) is 46.3 Å². The zero-order valence-electron chi connectivity index (χ0n) is 41.5. The highest BCUT2D eigenvalue weighted by Gasteiger charge is 2.69. The molecule has 0 amide bonds. The lowest BCUT2D eigenvalue weighted by Crippen LogP contribution is -2.67. The van der Waals surface area contributed by atoms with Gasteiger partial charge in [-0.1, -0.05) is 39.3 Å². The first kappa shape index (κ1) is 54.2. The molecule has 0 radical (unpaired) electrons. The fraction of sp³-hybridized carbons (Fsp3) is 0.960. The number of aliphatic hydroxyl groups excluding tert-OH is 12. The van der Waals surface area contributed by atoms with E-state index >= 15 is 0 Å².